The van der Waals surface area contributed by atoms with Crippen molar-refractivity contribution in [3.05, 3.63) is 46.7 Å². The number of nitriles is 1. The van der Waals surface area contributed by atoms with Gasteiger partial charge in [0, 0.05) is 65.3 Å². The van der Waals surface area contributed by atoms with Crippen LogP contribution in [0.2, 0.25) is 0 Å². The van der Waals surface area contributed by atoms with Crippen LogP contribution in [0, 0.1) is 32.1 Å². The summed E-state index contributed by atoms with van der Waals surface area (Å²) in [5.74, 6) is 7.43. The Kier molecular flexibility index (Phi) is 57.7. The minimum Gasteiger partial charge on any atom is -0.481 e. The summed E-state index contributed by atoms with van der Waals surface area (Å²) in [6.45, 7) is 27.9. The highest BCUT2D eigenvalue weighted by Gasteiger charge is 2.07. The molecule has 0 unspecified atom stereocenters. The van der Waals surface area contributed by atoms with Crippen molar-refractivity contribution in [2.75, 3.05) is 32.0 Å². The molecule has 0 saturated heterocycles. The smallest absolute Gasteiger partial charge is 0.302 e. The summed E-state index contributed by atoms with van der Waals surface area (Å²) >= 11 is 0. The monoisotopic (exact) mass is 887 g/mol. The number of ether oxygens (including phenoxy) is 1. The molecular formula is C36H71Cl2N11O8S. The van der Waals surface area contributed by atoms with E-state index in [9.17, 15) is 14.4 Å². The van der Waals surface area contributed by atoms with Crippen LogP contribution < -0.4 is 17.4 Å². The van der Waals surface area contributed by atoms with Gasteiger partial charge in [0.05, 0.1) is 30.5 Å². The van der Waals surface area contributed by atoms with E-state index < -0.39 is 15.2 Å². The third kappa shape index (κ3) is 58.5. The molecule has 0 radical (unpaired) electrons. The van der Waals surface area contributed by atoms with Gasteiger partial charge in [0.2, 0.25) is 15.1 Å². The zero-order chi connectivity index (χ0) is 45.9. The van der Waals surface area contributed by atoms with Crippen LogP contribution in [0.1, 0.15) is 122 Å². The van der Waals surface area contributed by atoms with Crippen LogP contribution in [0.5, 0.6) is 0 Å². The molecule has 3 aromatic rings. The van der Waals surface area contributed by atoms with E-state index in [4.69, 9.17) is 25.1 Å². The molecule has 22 heteroatoms. The topological polar surface area (TPSA) is 327 Å². The third-order valence-electron chi connectivity index (χ3n) is 5.72. The first-order chi connectivity index (χ1) is 26.6. The number of carboxylic acid groups (broad SMARTS) is 1. The number of aromatic amines is 2. The summed E-state index contributed by atoms with van der Waals surface area (Å²) in [6, 6.07) is 7.55. The molecule has 0 saturated carbocycles. The zero-order valence-corrected chi connectivity index (χ0v) is 38.9. The lowest BCUT2D eigenvalue weighted by atomic mass is 10.2. The molecule has 0 spiro atoms. The highest BCUT2D eigenvalue weighted by molar-refractivity contribution is 8.26. The van der Waals surface area contributed by atoms with E-state index in [-0.39, 0.29) is 29.6 Å². The summed E-state index contributed by atoms with van der Waals surface area (Å²) in [6.07, 6.45) is 4.26. The van der Waals surface area contributed by atoms with Crippen LogP contribution in [0.3, 0.4) is 0 Å². The van der Waals surface area contributed by atoms with Crippen LogP contribution in [0.4, 0.5) is 5.82 Å². The van der Waals surface area contributed by atoms with Gasteiger partial charge in [-0.2, -0.15) is 20.6 Å². The van der Waals surface area contributed by atoms with Crippen molar-refractivity contribution in [1.82, 2.24) is 35.1 Å². The lowest BCUT2D eigenvalue weighted by molar-refractivity contribution is -0.140. The number of Topliss-reactive ketones (excluding diaryl/α,β-unsaturated/α-hetero) is 1. The highest BCUT2D eigenvalue weighted by atomic mass is 36.0. The van der Waals surface area contributed by atoms with Crippen LogP contribution in [-0.2, 0) is 41.2 Å². The summed E-state index contributed by atoms with van der Waals surface area (Å²) in [5, 5.41) is 32.6. The Labute approximate surface area is 356 Å². The van der Waals surface area contributed by atoms with Crippen LogP contribution in [0.15, 0.2) is 18.2 Å². The maximum absolute atomic E-state index is 11.1. The number of aliphatic carboxylic acids is 1. The molecule has 3 rings (SSSR count). The minimum atomic E-state index is -1.67. The predicted octanol–water partition coefficient (Wildman–Crippen LogP) is 5.31. The number of carbonyl (C=O) groups is 4. The van der Waals surface area contributed by atoms with Crippen molar-refractivity contribution in [2.45, 2.75) is 122 Å². The number of carbonyl (C=O) groups excluding carboxylic acids is 3. The molecule has 0 bridgehead atoms. The third-order valence-corrected chi connectivity index (χ3v) is 5.72. The van der Waals surface area contributed by atoms with Crippen molar-refractivity contribution < 1.29 is 38.7 Å². The Bertz CT molecular complexity index is 1450. The molecule has 3 aromatic heterocycles. The SMILES string of the molecule is CC(=O)CC#N.CC(=O)O.CCCc1cc(C)[nH]n1.CCCc1cc(C)nn1C(C)=O.CCN(CC)CC.CCOC(C)=O.Cc1cc(N)n[nH]1.NN.O.O=S(Cl)Cl. The number of carboxylic acids is 1. The van der Waals surface area contributed by atoms with E-state index >= 15 is 0 Å². The van der Waals surface area contributed by atoms with E-state index in [1.807, 2.05) is 26.8 Å². The van der Waals surface area contributed by atoms with Gasteiger partial charge in [0.25, 0.3) is 5.97 Å². The normalized spacial score (nSPS) is 8.66. The lowest BCUT2D eigenvalue weighted by Gasteiger charge is -2.13. The number of aromatic nitrogens is 6. The van der Waals surface area contributed by atoms with E-state index in [1.165, 1.54) is 57.2 Å². The van der Waals surface area contributed by atoms with Crippen molar-refractivity contribution in [3.8, 4) is 6.07 Å². The Balaban J connectivity index is -0.000000104. The van der Waals surface area contributed by atoms with Gasteiger partial charge in [-0.3, -0.25) is 41.1 Å². The van der Waals surface area contributed by atoms with E-state index in [0.717, 1.165) is 49.0 Å². The average molecular weight is 889 g/mol. The molecule has 0 fully saturated rings. The molecule has 3 heterocycles. The number of nitrogens with zero attached hydrogens (tertiary/aromatic N) is 6. The van der Waals surface area contributed by atoms with Gasteiger partial charge in [-0.25, -0.2) is 8.89 Å². The Morgan fingerprint density at radius 2 is 1.31 bits per heavy atom. The number of esters is 1. The van der Waals surface area contributed by atoms with Crippen molar-refractivity contribution in [1.29, 1.82) is 5.26 Å². The Hall–Kier alpha value is -4.23. The summed E-state index contributed by atoms with van der Waals surface area (Å²) in [5.41, 5.74) is 10.5. The van der Waals surface area contributed by atoms with Gasteiger partial charge in [0.15, 0.2) is 0 Å². The first-order valence-corrected chi connectivity index (χ1v) is 20.8. The maximum atomic E-state index is 11.1. The predicted molar refractivity (Wildman–Crippen MR) is 234 cm³/mol. The molecule has 58 heavy (non-hydrogen) atoms. The fourth-order valence-corrected chi connectivity index (χ4v) is 3.54. The number of hydrogen-bond donors (Lipinski definition) is 6. The van der Waals surface area contributed by atoms with Gasteiger partial charge < -0.3 is 26.0 Å². The number of ketones is 1. The molecule has 338 valence electrons. The number of rotatable bonds is 9. The molecule has 0 atom stereocenters. The number of nitrogens with two attached hydrogens (primary N) is 3. The van der Waals surface area contributed by atoms with Gasteiger partial charge in [0.1, 0.15) is 11.6 Å². The Morgan fingerprint density at radius 1 is 0.879 bits per heavy atom. The largest absolute Gasteiger partial charge is 0.481 e. The molecular weight excluding hydrogens is 817 g/mol. The number of halogens is 2. The first kappa shape index (κ1) is 68.5. The van der Waals surface area contributed by atoms with E-state index in [2.05, 4.69) is 109 Å². The van der Waals surface area contributed by atoms with Gasteiger partial charge in [-0.15, -0.1) is 0 Å². The van der Waals surface area contributed by atoms with Gasteiger partial charge in [-0.05, 0) is 79.2 Å². The maximum Gasteiger partial charge on any atom is 0.302 e. The first-order valence-electron chi connectivity index (χ1n) is 18.0. The number of hydrogen-bond acceptors (Lipinski definition) is 14. The fraction of sp³-hybridized carbons (Fsp3) is 0.611. The average Bonchev–Trinajstić information content (AvgIpc) is 3.82. The number of nitrogens with one attached hydrogen (secondary N) is 2. The molecule has 11 N–H and O–H groups in total. The van der Waals surface area contributed by atoms with Crippen molar-refractivity contribution >= 4 is 60.0 Å². The molecule has 0 aliphatic carbocycles. The number of H-pyrrole nitrogens is 2. The van der Waals surface area contributed by atoms with E-state index in [1.54, 1.807) is 19.1 Å². The zero-order valence-electron chi connectivity index (χ0n) is 36.6. The van der Waals surface area contributed by atoms with Crippen molar-refractivity contribution in [2.24, 2.45) is 11.7 Å². The van der Waals surface area contributed by atoms with Crippen LogP contribution in [0.25, 0.3) is 0 Å². The summed E-state index contributed by atoms with van der Waals surface area (Å²) in [7, 11) is 7.36. The standard InChI is InChI=1S/C9H14N2O.C7H12N2.C6H15N.C4H7N3.C4H5NO.C4H8O2.C2H4O2.Cl2OS.H4N2.H2O/c1-4-5-9-6-7(2)10-11(9)8(3)12;1-3-4-7-5-6(2)8-9-7;1-4-7(5-2)6-3;1-3-2-4(5)7-6-3;1-4(6)2-3-5;1-3-6-4(2)5;1-2(3)4;1-4(2)3;1-2;/h6H,4-5H2,1-3H3;5H,3-4H2,1-2H3,(H,8,9);4-6H2,1-3H3;2H,1H3,(H3,5,6,7);2H2,1H3;3H2,1-2H3;1H3,(H,3,4);;1-2H2;1H2. The molecule has 0 aliphatic heterocycles. The van der Waals surface area contributed by atoms with Crippen LogP contribution in [-0.4, -0.2) is 99.7 Å². The summed E-state index contributed by atoms with van der Waals surface area (Å²) < 4.78 is 15.0. The fourth-order valence-electron chi connectivity index (χ4n) is 3.54. The second-order valence-corrected chi connectivity index (χ2v) is 13.5. The van der Waals surface area contributed by atoms with Crippen molar-refractivity contribution in [3.63, 3.8) is 0 Å². The molecule has 0 amide bonds. The number of anilines is 1. The van der Waals surface area contributed by atoms with E-state index in [0.29, 0.717) is 12.4 Å². The quantitative estimate of drug-likeness (QED) is 0.0686. The number of nitrogen functional groups attached to an aromatic ring is 1. The van der Waals surface area contributed by atoms with Gasteiger partial charge in [-0.1, -0.05) is 47.5 Å². The van der Waals surface area contributed by atoms with Gasteiger partial charge >= 0.3 is 5.97 Å². The minimum absolute atomic E-state index is 0. The summed E-state index contributed by atoms with van der Waals surface area (Å²) in [4.78, 5) is 42.1. The molecule has 0 aromatic carbocycles. The number of hydrazine groups is 1. The Morgan fingerprint density at radius 3 is 1.50 bits per heavy atom. The molecule has 19 nitrogen and oxygen atoms in total. The second-order valence-electron chi connectivity index (χ2n) is 11.0. The van der Waals surface area contributed by atoms with Crippen LogP contribution >= 0.6 is 21.4 Å². The second kappa shape index (κ2) is 48.9. The highest BCUT2D eigenvalue weighted by Crippen LogP contribution is 2.06. The molecule has 0 aliphatic rings. The number of aryl methyl sites for hydroxylation is 5. The lowest BCUT2D eigenvalue weighted by Crippen LogP contribution is -2.21.